The van der Waals surface area contributed by atoms with Gasteiger partial charge in [-0.1, -0.05) is 30.3 Å². The summed E-state index contributed by atoms with van der Waals surface area (Å²) in [6.45, 7) is 0. The van der Waals surface area contributed by atoms with Gasteiger partial charge in [-0.25, -0.2) is 4.79 Å². The van der Waals surface area contributed by atoms with Crippen molar-refractivity contribution in [2.75, 3.05) is 17.2 Å². The SMILES string of the molecule is Nc1cccc(Oc2cc(C(=O)O)c(Oc3ccccc3)c(Oc3cccc(N)c3)c2N)c1. The van der Waals surface area contributed by atoms with Crippen LogP contribution in [0.3, 0.4) is 0 Å². The van der Waals surface area contributed by atoms with Crippen LogP contribution in [0.5, 0.6) is 34.5 Å². The Morgan fingerprint density at radius 3 is 1.76 bits per heavy atom. The average Bonchev–Trinajstić information content (AvgIpc) is 2.78. The number of aromatic carboxylic acids is 1. The van der Waals surface area contributed by atoms with Crippen LogP contribution in [-0.4, -0.2) is 11.1 Å². The summed E-state index contributed by atoms with van der Waals surface area (Å²) in [7, 11) is 0. The molecule has 4 rings (SSSR count). The Bertz CT molecular complexity index is 1310. The van der Waals surface area contributed by atoms with Gasteiger partial charge in [0.15, 0.2) is 17.2 Å². The number of benzene rings is 4. The molecule has 0 atom stereocenters. The van der Waals surface area contributed by atoms with Gasteiger partial charge < -0.3 is 36.5 Å². The van der Waals surface area contributed by atoms with Crippen molar-refractivity contribution < 1.29 is 24.1 Å². The third-order valence-electron chi connectivity index (χ3n) is 4.59. The Balaban J connectivity index is 1.87. The highest BCUT2D eigenvalue weighted by Gasteiger charge is 2.26. The molecule has 8 nitrogen and oxygen atoms in total. The zero-order valence-electron chi connectivity index (χ0n) is 17.4. The first-order valence-electron chi connectivity index (χ1n) is 9.90. The molecule has 0 saturated carbocycles. The number of hydrogen-bond acceptors (Lipinski definition) is 7. The van der Waals surface area contributed by atoms with Crippen LogP contribution in [0, 0.1) is 0 Å². The summed E-state index contributed by atoms with van der Waals surface area (Å²) in [6, 6.07) is 23.3. The third kappa shape index (κ3) is 4.91. The van der Waals surface area contributed by atoms with Gasteiger partial charge in [0.25, 0.3) is 0 Å². The maximum Gasteiger partial charge on any atom is 0.339 e. The molecule has 0 spiro atoms. The lowest BCUT2D eigenvalue weighted by atomic mass is 10.1. The van der Waals surface area contributed by atoms with E-state index in [1.807, 2.05) is 6.07 Å². The molecule has 4 aromatic carbocycles. The van der Waals surface area contributed by atoms with Crippen molar-refractivity contribution >= 4 is 23.0 Å². The molecule has 8 heteroatoms. The Kier molecular flexibility index (Phi) is 5.90. The van der Waals surface area contributed by atoms with Crippen molar-refractivity contribution in [2.45, 2.75) is 0 Å². The normalized spacial score (nSPS) is 10.4. The van der Waals surface area contributed by atoms with Crippen molar-refractivity contribution in [3.05, 3.63) is 90.5 Å². The second kappa shape index (κ2) is 9.11. The molecule has 0 amide bonds. The molecule has 7 N–H and O–H groups in total. The summed E-state index contributed by atoms with van der Waals surface area (Å²) in [4.78, 5) is 12.2. The smallest absolute Gasteiger partial charge is 0.339 e. The van der Waals surface area contributed by atoms with Gasteiger partial charge in [-0.05, 0) is 36.4 Å². The standard InChI is InChI=1S/C25H21N3O5/c26-15-6-4-10-18(12-15)31-21-14-20(25(29)30)23(32-17-8-2-1-3-9-17)24(22(21)28)33-19-11-5-7-16(27)13-19/h1-14H,26-28H2,(H,29,30). The second-order valence-electron chi connectivity index (χ2n) is 7.06. The van der Waals surface area contributed by atoms with E-state index in [-0.39, 0.29) is 28.5 Å². The summed E-state index contributed by atoms with van der Waals surface area (Å²) in [5.41, 5.74) is 18.9. The Morgan fingerprint density at radius 2 is 1.18 bits per heavy atom. The highest BCUT2D eigenvalue weighted by Crippen LogP contribution is 2.48. The maximum atomic E-state index is 12.2. The minimum atomic E-state index is -1.25. The quantitative estimate of drug-likeness (QED) is 0.274. The van der Waals surface area contributed by atoms with Crippen molar-refractivity contribution in [1.29, 1.82) is 0 Å². The summed E-state index contributed by atoms with van der Waals surface area (Å²) in [6.07, 6.45) is 0. The average molecular weight is 443 g/mol. The summed E-state index contributed by atoms with van der Waals surface area (Å²) >= 11 is 0. The maximum absolute atomic E-state index is 12.2. The van der Waals surface area contributed by atoms with Crippen LogP contribution in [-0.2, 0) is 0 Å². The number of anilines is 3. The number of carboxylic acids is 1. The highest BCUT2D eigenvalue weighted by molar-refractivity contribution is 5.95. The van der Waals surface area contributed by atoms with Crippen molar-refractivity contribution in [2.24, 2.45) is 0 Å². The van der Waals surface area contributed by atoms with Crippen LogP contribution >= 0.6 is 0 Å². The molecular formula is C25H21N3O5. The van der Waals surface area contributed by atoms with Crippen LogP contribution < -0.4 is 31.4 Å². The fraction of sp³-hybridized carbons (Fsp3) is 0. The molecule has 0 saturated heterocycles. The molecule has 0 aliphatic rings. The minimum absolute atomic E-state index is 0.0248. The largest absolute Gasteiger partial charge is 0.478 e. The van der Waals surface area contributed by atoms with Crippen molar-refractivity contribution in [3.63, 3.8) is 0 Å². The van der Waals surface area contributed by atoms with Gasteiger partial charge in [-0.2, -0.15) is 0 Å². The second-order valence-corrected chi connectivity index (χ2v) is 7.06. The number of nitrogen functional groups attached to an aromatic ring is 3. The predicted octanol–water partition coefficient (Wildman–Crippen LogP) is 5.51. The molecule has 0 radical (unpaired) electrons. The Labute approximate surface area is 189 Å². The first kappa shape index (κ1) is 21.4. The molecule has 33 heavy (non-hydrogen) atoms. The summed E-state index contributed by atoms with van der Waals surface area (Å²) < 4.78 is 17.8. The minimum Gasteiger partial charge on any atom is -0.478 e. The lowest BCUT2D eigenvalue weighted by molar-refractivity contribution is 0.0693. The van der Waals surface area contributed by atoms with Crippen LogP contribution in [0.4, 0.5) is 17.1 Å². The predicted molar refractivity (Wildman–Crippen MR) is 126 cm³/mol. The van der Waals surface area contributed by atoms with Gasteiger partial charge in [0.1, 0.15) is 28.5 Å². The van der Waals surface area contributed by atoms with E-state index < -0.39 is 5.97 Å². The van der Waals surface area contributed by atoms with Gasteiger partial charge in [0, 0.05) is 29.6 Å². The van der Waals surface area contributed by atoms with Gasteiger partial charge in [0.05, 0.1) is 0 Å². The number of nitrogens with two attached hydrogens (primary N) is 3. The van der Waals surface area contributed by atoms with E-state index in [4.69, 9.17) is 31.4 Å². The molecule has 0 aromatic heterocycles. The monoisotopic (exact) mass is 443 g/mol. The molecule has 0 aliphatic carbocycles. The number of hydrogen-bond donors (Lipinski definition) is 4. The Morgan fingerprint density at radius 1 is 0.636 bits per heavy atom. The van der Waals surface area contributed by atoms with Gasteiger partial charge in [-0.3, -0.25) is 0 Å². The lowest BCUT2D eigenvalue weighted by Crippen LogP contribution is -2.06. The van der Waals surface area contributed by atoms with Crippen LogP contribution in [0.25, 0.3) is 0 Å². The van der Waals surface area contributed by atoms with E-state index in [0.29, 0.717) is 28.6 Å². The molecule has 0 bridgehead atoms. The highest BCUT2D eigenvalue weighted by atomic mass is 16.5. The fourth-order valence-electron chi connectivity index (χ4n) is 3.08. The first-order valence-corrected chi connectivity index (χ1v) is 9.90. The van der Waals surface area contributed by atoms with E-state index in [0.717, 1.165) is 0 Å². The van der Waals surface area contributed by atoms with Gasteiger partial charge >= 0.3 is 5.97 Å². The summed E-state index contributed by atoms with van der Waals surface area (Å²) in [5, 5.41) is 9.93. The van der Waals surface area contributed by atoms with Crippen molar-refractivity contribution in [1.82, 2.24) is 0 Å². The van der Waals surface area contributed by atoms with Gasteiger partial charge in [-0.15, -0.1) is 0 Å². The first-order chi connectivity index (χ1) is 15.9. The van der Waals surface area contributed by atoms with Crippen molar-refractivity contribution in [3.8, 4) is 34.5 Å². The van der Waals surface area contributed by atoms with E-state index in [9.17, 15) is 9.90 Å². The van der Waals surface area contributed by atoms with E-state index in [1.54, 1.807) is 72.8 Å². The molecule has 166 valence electrons. The lowest BCUT2D eigenvalue weighted by Gasteiger charge is -2.19. The zero-order chi connectivity index (χ0) is 23.4. The number of carbonyl (C=O) groups is 1. The molecule has 0 unspecified atom stereocenters. The van der Waals surface area contributed by atoms with Crippen LogP contribution in [0.15, 0.2) is 84.9 Å². The number of carboxylic acid groups (broad SMARTS) is 1. The summed E-state index contributed by atoms with van der Waals surface area (Å²) in [5.74, 6) is -0.159. The molecule has 0 fully saturated rings. The van der Waals surface area contributed by atoms with Crippen LogP contribution in [0.1, 0.15) is 10.4 Å². The van der Waals surface area contributed by atoms with E-state index >= 15 is 0 Å². The molecule has 0 aliphatic heterocycles. The topological polar surface area (TPSA) is 143 Å². The van der Waals surface area contributed by atoms with E-state index in [1.165, 1.54) is 6.07 Å². The molecule has 0 heterocycles. The molecule has 4 aromatic rings. The number of ether oxygens (including phenoxy) is 3. The zero-order valence-corrected chi connectivity index (χ0v) is 17.4. The Hall–Kier alpha value is -4.85. The van der Waals surface area contributed by atoms with Gasteiger partial charge in [0.2, 0.25) is 0 Å². The fourth-order valence-corrected chi connectivity index (χ4v) is 3.08. The molecular weight excluding hydrogens is 422 g/mol. The van der Waals surface area contributed by atoms with Crippen LogP contribution in [0.2, 0.25) is 0 Å². The number of rotatable bonds is 7. The van der Waals surface area contributed by atoms with E-state index in [2.05, 4.69) is 0 Å². The third-order valence-corrected chi connectivity index (χ3v) is 4.59. The number of para-hydroxylation sites is 1.